The van der Waals surface area contributed by atoms with Crippen molar-refractivity contribution < 1.29 is 52.0 Å². The molecule has 3 heterocycles. The van der Waals surface area contributed by atoms with Gasteiger partial charge in [-0.3, -0.25) is 18.1 Å². The summed E-state index contributed by atoms with van der Waals surface area (Å²) in [5.74, 6) is 0.208. The number of ether oxygens (including phenoxy) is 2. The molecule has 5 unspecified atom stereocenters. The van der Waals surface area contributed by atoms with Crippen molar-refractivity contribution in [3.63, 3.8) is 0 Å². The normalized spacial score (nSPS) is 24.9. The first-order chi connectivity index (χ1) is 22.0. The summed E-state index contributed by atoms with van der Waals surface area (Å²) < 4.78 is 40.2. The molecule has 0 spiro atoms. The molecule has 3 aliphatic heterocycles. The van der Waals surface area contributed by atoms with Crippen LogP contribution < -0.4 is 14.9 Å². The van der Waals surface area contributed by atoms with E-state index >= 15 is 0 Å². The molecule has 2 aromatic carbocycles. The van der Waals surface area contributed by atoms with Crippen molar-refractivity contribution in [2.75, 3.05) is 51.6 Å². The Balaban J connectivity index is 1.58. The first-order valence-corrected chi connectivity index (χ1v) is 19.2. The van der Waals surface area contributed by atoms with Gasteiger partial charge in [0.15, 0.2) is 12.9 Å². The smallest absolute Gasteiger partial charge is 0.319 e. The number of rotatable bonds is 16. The molecule has 0 radical (unpaired) electrons. The van der Waals surface area contributed by atoms with E-state index in [0.717, 1.165) is 25.9 Å². The van der Waals surface area contributed by atoms with Gasteiger partial charge < -0.3 is 39.3 Å². The number of nitrogens with one attached hydrogen (secondary N) is 1. The average molecular weight is 697 g/mol. The number of carbonyl (C=O) groups excluding carboxylic acids is 1. The number of phosphoric ester groups is 1. The second kappa shape index (κ2) is 15.6. The first kappa shape index (κ1) is 37.6. The standard InChI is InChI=1S/C33H49N2O10PS/c1-32(2,3)34-19-28(37)25-10-11-29(43-23-44-46(39,40)41)26(18-25)20-35-15-12-24(13-16-35)30(21-35)45-31(38)33(22-36,14-17-47(4)42)27-8-6-5-7-9-27/h5-11,18,24,28,30,34,36-37H,12-17,19-23H2,1-4H3,(H-,39,40,41). The number of hydrogen-bond donors (Lipinski definition) is 4. The Kier molecular flexibility index (Phi) is 12.5. The highest BCUT2D eigenvalue weighted by atomic mass is 32.2. The summed E-state index contributed by atoms with van der Waals surface area (Å²) in [5, 5.41) is 24.9. The van der Waals surface area contributed by atoms with Crippen LogP contribution in [0.1, 0.15) is 62.8 Å². The molecular formula is C33H49N2O10PS. The molecule has 0 aliphatic carbocycles. The van der Waals surface area contributed by atoms with Gasteiger partial charge in [0, 0.05) is 59.2 Å². The molecule has 0 saturated carbocycles. The summed E-state index contributed by atoms with van der Waals surface area (Å²) in [4.78, 5) is 34.2. The van der Waals surface area contributed by atoms with Crippen LogP contribution in [-0.4, -0.2) is 93.0 Å². The van der Waals surface area contributed by atoms with Crippen LogP contribution in [0.5, 0.6) is 5.75 Å². The number of β-amino-alcohol motifs (C(OH)–C–C–N with tert-alkyl or cyclic N) is 1. The molecule has 5 atom stereocenters. The van der Waals surface area contributed by atoms with Crippen LogP contribution >= 0.6 is 7.82 Å². The molecule has 12 nitrogen and oxygen atoms in total. The van der Waals surface area contributed by atoms with E-state index in [9.17, 15) is 28.7 Å². The second-order valence-corrected chi connectivity index (χ2v) is 16.7. The maximum atomic E-state index is 14.0. The van der Waals surface area contributed by atoms with Crippen molar-refractivity contribution in [3.8, 4) is 5.75 Å². The van der Waals surface area contributed by atoms with Gasteiger partial charge in [-0.05, 0) is 50.5 Å². The summed E-state index contributed by atoms with van der Waals surface area (Å²) in [6, 6.07) is 14.2. The number of piperidine rings is 3. The lowest BCUT2D eigenvalue weighted by atomic mass is 9.78. The summed E-state index contributed by atoms with van der Waals surface area (Å²) in [7, 11) is -6.17. The van der Waals surface area contributed by atoms with Crippen LogP contribution in [-0.2, 0) is 41.4 Å². The van der Waals surface area contributed by atoms with Gasteiger partial charge in [0.1, 0.15) is 24.3 Å². The van der Waals surface area contributed by atoms with Crippen LogP contribution in [0.2, 0.25) is 0 Å². The summed E-state index contributed by atoms with van der Waals surface area (Å²) in [6.45, 7) is 7.75. The van der Waals surface area contributed by atoms with Crippen LogP contribution in [0.3, 0.4) is 0 Å². The third-order valence-corrected chi connectivity index (χ3v) is 10.5. The Labute approximate surface area is 279 Å². The minimum absolute atomic E-state index is 0.155. The molecular weight excluding hydrogens is 647 g/mol. The minimum Gasteiger partial charge on any atom is -0.756 e. The quantitative estimate of drug-likeness (QED) is 0.0878. The van der Waals surface area contributed by atoms with Crippen LogP contribution in [0, 0.1) is 5.92 Å². The predicted molar refractivity (Wildman–Crippen MR) is 175 cm³/mol. The Morgan fingerprint density at radius 1 is 1.17 bits per heavy atom. The number of carbonyl (C=O) groups is 1. The van der Waals surface area contributed by atoms with Gasteiger partial charge in [-0.2, -0.15) is 0 Å². The number of esters is 1. The third kappa shape index (κ3) is 10.2. The van der Waals surface area contributed by atoms with E-state index in [4.69, 9.17) is 14.4 Å². The van der Waals surface area contributed by atoms with Crippen molar-refractivity contribution in [1.29, 1.82) is 0 Å². The zero-order valence-corrected chi connectivity index (χ0v) is 29.3. The topological polar surface area (TPSA) is 175 Å². The van der Waals surface area contributed by atoms with E-state index in [0.29, 0.717) is 46.6 Å². The molecule has 0 aromatic heterocycles. The maximum absolute atomic E-state index is 14.0. The Bertz CT molecular complexity index is 1420. The Morgan fingerprint density at radius 2 is 1.85 bits per heavy atom. The number of aliphatic hydroxyl groups is 2. The van der Waals surface area contributed by atoms with Crippen molar-refractivity contribution in [3.05, 3.63) is 65.2 Å². The molecule has 5 rings (SSSR count). The van der Waals surface area contributed by atoms with Gasteiger partial charge in [0.05, 0.1) is 25.8 Å². The van der Waals surface area contributed by atoms with Gasteiger partial charge in [-0.25, -0.2) is 0 Å². The van der Waals surface area contributed by atoms with Crippen LogP contribution in [0.25, 0.3) is 0 Å². The summed E-state index contributed by atoms with van der Waals surface area (Å²) >= 11 is 0. The lowest BCUT2D eigenvalue weighted by Gasteiger charge is -2.52. The third-order valence-electron chi connectivity index (χ3n) is 9.33. The number of quaternary nitrogens is 1. The van der Waals surface area contributed by atoms with Crippen molar-refractivity contribution in [1.82, 2.24) is 5.32 Å². The van der Waals surface area contributed by atoms with Gasteiger partial charge in [-0.1, -0.05) is 36.4 Å². The highest BCUT2D eigenvalue weighted by Gasteiger charge is 2.50. The minimum atomic E-state index is -5.00. The molecule has 262 valence electrons. The zero-order valence-electron chi connectivity index (χ0n) is 27.6. The lowest BCUT2D eigenvalue weighted by Crippen LogP contribution is -2.64. The summed E-state index contributed by atoms with van der Waals surface area (Å²) in [6.07, 6.45) is 2.15. The number of phosphoric acid groups is 1. The van der Waals surface area contributed by atoms with E-state index in [-0.39, 0.29) is 23.6 Å². The predicted octanol–water partition coefficient (Wildman–Crippen LogP) is 2.27. The highest BCUT2D eigenvalue weighted by molar-refractivity contribution is 7.84. The van der Waals surface area contributed by atoms with E-state index in [2.05, 4.69) is 9.84 Å². The Hall–Kier alpha value is -2.19. The molecule has 4 N–H and O–H groups in total. The van der Waals surface area contributed by atoms with Gasteiger partial charge in [0.25, 0.3) is 7.82 Å². The molecule has 2 aromatic rings. The maximum Gasteiger partial charge on any atom is 0.319 e. The monoisotopic (exact) mass is 696 g/mol. The number of fused-ring (bicyclic) bond motifs is 3. The van der Waals surface area contributed by atoms with Gasteiger partial charge >= 0.3 is 5.97 Å². The van der Waals surface area contributed by atoms with E-state index in [1.54, 1.807) is 42.7 Å². The van der Waals surface area contributed by atoms with Crippen LogP contribution in [0.4, 0.5) is 0 Å². The molecule has 2 bridgehead atoms. The SMILES string of the molecule is CS(=O)CCC(CO)(C(=O)OC1C[N+]2(Cc3cc(C(O)CNC(C)(C)C)ccc3OCOP(=O)([O-])O)CCC1CC2)c1ccccc1. The van der Waals surface area contributed by atoms with E-state index in [1.165, 1.54) is 0 Å². The average Bonchev–Trinajstić information content (AvgIpc) is 3.01. The van der Waals surface area contributed by atoms with E-state index < -0.39 is 55.6 Å². The highest BCUT2D eigenvalue weighted by Crippen LogP contribution is 2.41. The fraction of sp³-hybridized carbons (Fsp3) is 0.606. The molecule has 47 heavy (non-hydrogen) atoms. The van der Waals surface area contributed by atoms with Crippen molar-refractivity contribution in [2.24, 2.45) is 5.92 Å². The first-order valence-electron chi connectivity index (χ1n) is 15.9. The fourth-order valence-electron chi connectivity index (χ4n) is 6.61. The number of benzene rings is 2. The Morgan fingerprint density at radius 3 is 2.45 bits per heavy atom. The molecule has 3 fully saturated rings. The number of aliphatic hydroxyl groups excluding tert-OH is 2. The van der Waals surface area contributed by atoms with Crippen LogP contribution in [0.15, 0.2) is 48.5 Å². The van der Waals surface area contributed by atoms with Crippen molar-refractivity contribution in [2.45, 2.75) is 69.7 Å². The van der Waals surface area contributed by atoms with Gasteiger partial charge in [0.2, 0.25) is 0 Å². The molecule has 3 saturated heterocycles. The molecule has 14 heteroatoms. The number of hydrogen-bond acceptors (Lipinski definition) is 10. The zero-order chi connectivity index (χ0) is 34.5. The molecule has 3 aliphatic rings. The number of nitrogens with zero attached hydrogens (tertiary/aromatic N) is 1. The fourth-order valence-corrected chi connectivity index (χ4v) is 7.43. The molecule has 0 amide bonds. The second-order valence-electron chi connectivity index (χ2n) is 13.9. The van der Waals surface area contributed by atoms with E-state index in [1.807, 2.05) is 32.9 Å². The van der Waals surface area contributed by atoms with Crippen molar-refractivity contribution >= 4 is 24.6 Å². The lowest BCUT2D eigenvalue weighted by molar-refractivity contribution is -0.958. The summed E-state index contributed by atoms with van der Waals surface area (Å²) in [5.41, 5.74) is 0.437. The largest absolute Gasteiger partial charge is 0.756 e. The van der Waals surface area contributed by atoms with Gasteiger partial charge in [-0.15, -0.1) is 0 Å².